The molecule has 0 fully saturated rings. The van der Waals surface area contributed by atoms with Gasteiger partial charge in [0.1, 0.15) is 12.0 Å². The molecule has 0 saturated carbocycles. The van der Waals surface area contributed by atoms with Gasteiger partial charge in [-0.25, -0.2) is 4.98 Å². The summed E-state index contributed by atoms with van der Waals surface area (Å²) < 4.78 is 0. The van der Waals surface area contributed by atoms with E-state index in [4.69, 9.17) is 0 Å². The zero-order valence-electron chi connectivity index (χ0n) is 11.7. The molecule has 1 aromatic carbocycles. The monoisotopic (exact) mass is 285 g/mol. The Balaban J connectivity index is 1.97. The third-order valence-electron chi connectivity index (χ3n) is 2.76. The SMILES string of the molecule is CN(C)c1ccc(/C=N\Nc2ccc([N+](=O)[O-])cn2)cc1. The highest BCUT2D eigenvalue weighted by Crippen LogP contribution is 2.12. The minimum atomic E-state index is -0.494. The number of hydrogen-bond acceptors (Lipinski definition) is 6. The standard InChI is InChI=1S/C14H15N5O2/c1-18(2)12-5-3-11(4-6-12)9-16-17-14-8-7-13(10-15-14)19(20)21/h3-10H,1-2H3,(H,15,17)/b16-9-. The van der Waals surface area contributed by atoms with Gasteiger partial charge in [-0.1, -0.05) is 12.1 Å². The van der Waals surface area contributed by atoms with Gasteiger partial charge in [0.25, 0.3) is 5.69 Å². The van der Waals surface area contributed by atoms with E-state index in [0.29, 0.717) is 5.82 Å². The number of nitrogens with zero attached hydrogens (tertiary/aromatic N) is 4. The zero-order valence-corrected chi connectivity index (χ0v) is 11.7. The summed E-state index contributed by atoms with van der Waals surface area (Å²) in [7, 11) is 3.95. The molecule has 0 aliphatic carbocycles. The molecular formula is C14H15N5O2. The molecule has 0 amide bonds. The summed E-state index contributed by atoms with van der Waals surface area (Å²) in [4.78, 5) is 15.9. The minimum absolute atomic E-state index is 0.0520. The molecule has 0 aliphatic heterocycles. The van der Waals surface area contributed by atoms with Gasteiger partial charge >= 0.3 is 0 Å². The predicted molar refractivity (Wildman–Crippen MR) is 82.9 cm³/mol. The Morgan fingerprint density at radius 1 is 1.24 bits per heavy atom. The Kier molecular flexibility index (Phi) is 4.45. The van der Waals surface area contributed by atoms with Crippen molar-refractivity contribution in [3.63, 3.8) is 0 Å². The average Bonchev–Trinajstić information content (AvgIpc) is 2.48. The summed E-state index contributed by atoms with van der Waals surface area (Å²) in [6.07, 6.45) is 2.84. The smallest absolute Gasteiger partial charge is 0.287 e. The lowest BCUT2D eigenvalue weighted by atomic mass is 10.2. The largest absolute Gasteiger partial charge is 0.378 e. The second-order valence-corrected chi connectivity index (χ2v) is 4.51. The lowest BCUT2D eigenvalue weighted by Gasteiger charge is -2.11. The van der Waals surface area contributed by atoms with Crippen molar-refractivity contribution in [2.45, 2.75) is 0 Å². The normalized spacial score (nSPS) is 10.6. The molecule has 1 aromatic heterocycles. The first kappa shape index (κ1) is 14.4. The molecule has 0 bridgehead atoms. The third-order valence-corrected chi connectivity index (χ3v) is 2.76. The van der Waals surface area contributed by atoms with E-state index in [9.17, 15) is 10.1 Å². The van der Waals surface area contributed by atoms with E-state index >= 15 is 0 Å². The Morgan fingerprint density at radius 2 is 1.95 bits per heavy atom. The summed E-state index contributed by atoms with van der Waals surface area (Å²) >= 11 is 0. The van der Waals surface area contributed by atoms with Gasteiger partial charge in [0.2, 0.25) is 0 Å². The minimum Gasteiger partial charge on any atom is -0.378 e. The number of hydrogen-bond donors (Lipinski definition) is 1. The Bertz CT molecular complexity index is 635. The van der Waals surface area contributed by atoms with E-state index in [1.807, 2.05) is 43.3 Å². The summed E-state index contributed by atoms with van der Waals surface area (Å²) in [5.41, 5.74) is 4.72. The molecule has 7 nitrogen and oxygen atoms in total. The number of hydrazone groups is 1. The Hall–Kier alpha value is -2.96. The van der Waals surface area contributed by atoms with Crippen LogP contribution < -0.4 is 10.3 Å². The van der Waals surface area contributed by atoms with Crippen LogP contribution in [0.3, 0.4) is 0 Å². The highest BCUT2D eigenvalue weighted by molar-refractivity contribution is 5.80. The van der Waals surface area contributed by atoms with Gasteiger partial charge in [-0.15, -0.1) is 0 Å². The average molecular weight is 285 g/mol. The van der Waals surface area contributed by atoms with Crippen molar-refractivity contribution < 1.29 is 4.92 Å². The predicted octanol–water partition coefficient (Wildman–Crippen LogP) is 2.50. The molecule has 0 spiro atoms. The second-order valence-electron chi connectivity index (χ2n) is 4.51. The Morgan fingerprint density at radius 3 is 2.48 bits per heavy atom. The fourth-order valence-corrected chi connectivity index (χ4v) is 1.59. The van der Waals surface area contributed by atoms with Crippen molar-refractivity contribution in [3.8, 4) is 0 Å². The van der Waals surface area contributed by atoms with Crippen molar-refractivity contribution in [2.24, 2.45) is 5.10 Å². The van der Waals surface area contributed by atoms with Crippen molar-refractivity contribution in [3.05, 3.63) is 58.3 Å². The molecule has 0 unspecified atom stereocenters. The summed E-state index contributed by atoms with van der Waals surface area (Å²) in [5, 5.41) is 14.5. The summed E-state index contributed by atoms with van der Waals surface area (Å²) in [5.74, 6) is 0.446. The van der Waals surface area contributed by atoms with Gasteiger partial charge in [0, 0.05) is 25.8 Å². The van der Waals surface area contributed by atoms with Crippen LogP contribution in [0.5, 0.6) is 0 Å². The first-order valence-corrected chi connectivity index (χ1v) is 6.23. The summed E-state index contributed by atoms with van der Waals surface area (Å²) in [6.45, 7) is 0. The van der Waals surface area contributed by atoms with Crippen LogP contribution in [-0.2, 0) is 0 Å². The van der Waals surface area contributed by atoms with E-state index in [1.165, 1.54) is 18.3 Å². The van der Waals surface area contributed by atoms with Crippen LogP contribution in [0.15, 0.2) is 47.7 Å². The number of nitrogens with one attached hydrogen (secondary N) is 1. The number of aromatic nitrogens is 1. The molecule has 1 heterocycles. The maximum atomic E-state index is 10.5. The zero-order chi connectivity index (χ0) is 15.2. The van der Waals surface area contributed by atoms with Crippen LogP contribution in [0, 0.1) is 10.1 Å². The van der Waals surface area contributed by atoms with Crippen LogP contribution in [0.1, 0.15) is 5.56 Å². The molecule has 0 saturated heterocycles. The van der Waals surface area contributed by atoms with Gasteiger partial charge in [-0.3, -0.25) is 15.5 Å². The molecule has 0 atom stereocenters. The molecule has 2 aromatic rings. The number of anilines is 2. The van der Waals surface area contributed by atoms with Gasteiger partial charge in [-0.05, 0) is 23.8 Å². The van der Waals surface area contributed by atoms with E-state index in [2.05, 4.69) is 15.5 Å². The maximum absolute atomic E-state index is 10.5. The number of pyridine rings is 1. The van der Waals surface area contributed by atoms with Gasteiger partial charge in [-0.2, -0.15) is 5.10 Å². The van der Waals surface area contributed by atoms with E-state index in [-0.39, 0.29) is 5.69 Å². The molecule has 1 N–H and O–H groups in total. The van der Waals surface area contributed by atoms with Crippen molar-refractivity contribution in [1.29, 1.82) is 0 Å². The topological polar surface area (TPSA) is 83.7 Å². The molecular weight excluding hydrogens is 270 g/mol. The molecule has 108 valence electrons. The highest BCUT2D eigenvalue weighted by atomic mass is 16.6. The van der Waals surface area contributed by atoms with Gasteiger partial charge in [0.15, 0.2) is 0 Å². The van der Waals surface area contributed by atoms with Crippen molar-refractivity contribution >= 4 is 23.4 Å². The van der Waals surface area contributed by atoms with Crippen LogP contribution in [-0.4, -0.2) is 30.2 Å². The van der Waals surface area contributed by atoms with E-state index in [1.54, 1.807) is 6.21 Å². The summed E-state index contributed by atoms with van der Waals surface area (Å²) in [6, 6.07) is 10.8. The third kappa shape index (κ3) is 4.00. The maximum Gasteiger partial charge on any atom is 0.287 e. The molecule has 0 radical (unpaired) electrons. The van der Waals surface area contributed by atoms with Gasteiger partial charge < -0.3 is 4.90 Å². The molecule has 21 heavy (non-hydrogen) atoms. The fraction of sp³-hybridized carbons (Fsp3) is 0.143. The van der Waals surface area contributed by atoms with Crippen molar-refractivity contribution in [1.82, 2.24) is 4.98 Å². The fourth-order valence-electron chi connectivity index (χ4n) is 1.59. The highest BCUT2D eigenvalue weighted by Gasteiger charge is 2.04. The van der Waals surface area contributed by atoms with Crippen LogP contribution in [0.25, 0.3) is 0 Å². The second kappa shape index (κ2) is 6.47. The number of nitro groups is 1. The van der Waals surface area contributed by atoms with E-state index < -0.39 is 4.92 Å². The van der Waals surface area contributed by atoms with E-state index in [0.717, 1.165) is 11.3 Å². The molecule has 0 aliphatic rings. The quantitative estimate of drug-likeness (QED) is 0.518. The van der Waals surface area contributed by atoms with Gasteiger partial charge in [0.05, 0.1) is 11.1 Å². The first-order valence-electron chi connectivity index (χ1n) is 6.23. The van der Waals surface area contributed by atoms with Crippen molar-refractivity contribution in [2.75, 3.05) is 24.4 Å². The molecule has 2 rings (SSSR count). The lowest BCUT2D eigenvalue weighted by molar-refractivity contribution is -0.385. The Labute approximate surface area is 122 Å². The van der Waals surface area contributed by atoms with Crippen LogP contribution in [0.4, 0.5) is 17.2 Å². The first-order chi connectivity index (χ1) is 10.1. The molecule has 7 heteroatoms. The number of rotatable bonds is 5. The van der Waals surface area contributed by atoms with Crippen LogP contribution in [0.2, 0.25) is 0 Å². The lowest BCUT2D eigenvalue weighted by Crippen LogP contribution is -2.08. The number of benzene rings is 1. The van der Waals surface area contributed by atoms with Crippen LogP contribution >= 0.6 is 0 Å².